The predicted molar refractivity (Wildman–Crippen MR) is 109 cm³/mol. The minimum absolute atomic E-state index is 0.136. The van der Waals surface area contributed by atoms with E-state index in [2.05, 4.69) is 0 Å². The first-order valence-electron chi connectivity index (χ1n) is 9.83. The Morgan fingerprint density at radius 1 is 1.10 bits per heavy atom. The average Bonchev–Trinajstić information content (AvgIpc) is 3.25. The molecule has 6 nitrogen and oxygen atoms in total. The Morgan fingerprint density at radius 3 is 2.34 bits per heavy atom. The lowest BCUT2D eigenvalue weighted by Gasteiger charge is -2.26. The number of hydrogen-bond acceptors (Lipinski definition) is 4. The molecule has 1 radical (unpaired) electrons. The van der Waals surface area contributed by atoms with Gasteiger partial charge in [-0.25, -0.2) is 9.59 Å². The fourth-order valence-electron chi connectivity index (χ4n) is 3.57. The van der Waals surface area contributed by atoms with Crippen molar-refractivity contribution in [1.29, 1.82) is 0 Å². The van der Waals surface area contributed by atoms with E-state index in [1.165, 1.54) is 4.90 Å². The molecule has 0 bridgehead atoms. The van der Waals surface area contributed by atoms with Gasteiger partial charge in [0.15, 0.2) is 18.4 Å². The molecule has 0 spiro atoms. The Kier molecular flexibility index (Phi) is 7.14. The zero-order valence-corrected chi connectivity index (χ0v) is 16.6. The molecule has 0 aliphatic carbocycles. The molecule has 1 heterocycles. The Hall–Kier alpha value is -2.99. The van der Waals surface area contributed by atoms with Crippen LogP contribution >= 0.6 is 0 Å². The second-order valence-corrected chi connectivity index (χ2v) is 7.23. The molecule has 2 amide bonds. The van der Waals surface area contributed by atoms with Gasteiger partial charge < -0.3 is 4.74 Å². The van der Waals surface area contributed by atoms with Crippen LogP contribution in [0.1, 0.15) is 24.0 Å². The van der Waals surface area contributed by atoms with Crippen molar-refractivity contribution in [2.45, 2.75) is 38.0 Å². The molecule has 6 heteroatoms. The lowest BCUT2D eigenvalue weighted by molar-refractivity contribution is -0.132. The van der Waals surface area contributed by atoms with Crippen LogP contribution in [0.3, 0.4) is 0 Å². The van der Waals surface area contributed by atoms with Crippen molar-refractivity contribution in [1.82, 2.24) is 9.80 Å². The fraction of sp³-hybridized carbons (Fsp3) is 0.348. The van der Waals surface area contributed by atoms with Crippen LogP contribution in [0.15, 0.2) is 60.7 Å². The third kappa shape index (κ3) is 5.29. The second kappa shape index (κ2) is 9.98. The number of carbonyl (C=O) groups is 3. The van der Waals surface area contributed by atoms with E-state index in [0.717, 1.165) is 23.8 Å². The number of likely N-dealkylation sites (N-methyl/N-ethyl adjacent to an activating group) is 1. The van der Waals surface area contributed by atoms with E-state index in [1.54, 1.807) is 11.9 Å². The predicted octanol–water partition coefficient (Wildman–Crippen LogP) is 2.89. The van der Waals surface area contributed by atoms with Crippen molar-refractivity contribution in [2.75, 3.05) is 13.6 Å². The quantitative estimate of drug-likeness (QED) is 0.535. The molecular formula is C23H26N2O4+. The number of ether oxygens (including phenoxy) is 1. The van der Waals surface area contributed by atoms with E-state index >= 15 is 0 Å². The first-order valence-corrected chi connectivity index (χ1v) is 9.83. The van der Waals surface area contributed by atoms with Crippen LogP contribution in [0.4, 0.5) is 4.79 Å². The molecule has 2 aromatic rings. The van der Waals surface area contributed by atoms with Gasteiger partial charge in [0, 0.05) is 26.3 Å². The first kappa shape index (κ1) is 20.7. The Labute approximate surface area is 171 Å². The van der Waals surface area contributed by atoms with Gasteiger partial charge in [0.25, 0.3) is 0 Å². The number of hydrogen-bond donors (Lipinski definition) is 0. The number of amides is 2. The highest BCUT2D eigenvalue weighted by Gasteiger charge is 2.46. The molecule has 1 aliphatic heterocycles. The van der Waals surface area contributed by atoms with Gasteiger partial charge in [-0.2, -0.15) is 0 Å². The first-order chi connectivity index (χ1) is 14.1. The summed E-state index contributed by atoms with van der Waals surface area (Å²) < 4.78 is 5.42. The lowest BCUT2D eigenvalue weighted by atomic mass is 10.0. The van der Waals surface area contributed by atoms with E-state index in [-0.39, 0.29) is 12.5 Å². The van der Waals surface area contributed by atoms with E-state index < -0.39 is 18.2 Å². The molecular weight excluding hydrogens is 368 g/mol. The van der Waals surface area contributed by atoms with Gasteiger partial charge in [0.1, 0.15) is 13.2 Å². The number of rotatable bonds is 7. The Bertz CT molecular complexity index is 825. The number of carbonyl (C=O) groups excluding carboxylic acids is 3. The van der Waals surface area contributed by atoms with Gasteiger partial charge in [0.2, 0.25) is 0 Å². The summed E-state index contributed by atoms with van der Waals surface area (Å²) in [5, 5.41) is 0. The molecule has 0 aromatic heterocycles. The fourth-order valence-corrected chi connectivity index (χ4v) is 3.57. The van der Waals surface area contributed by atoms with Crippen molar-refractivity contribution >= 4 is 18.3 Å². The SMILES string of the molecule is CN(C(=O)OCc1ccccc1)[C@H](Cc1ccccc1)C(=O)[N+]1CCC[C@H]1C=O. The maximum Gasteiger partial charge on any atom is 0.410 e. The highest BCUT2D eigenvalue weighted by Crippen LogP contribution is 2.18. The zero-order valence-electron chi connectivity index (χ0n) is 16.6. The summed E-state index contributed by atoms with van der Waals surface area (Å²) in [6, 6.07) is 17.8. The van der Waals surface area contributed by atoms with E-state index in [9.17, 15) is 14.4 Å². The molecule has 0 N–H and O–H groups in total. The van der Waals surface area contributed by atoms with Crippen molar-refractivity contribution < 1.29 is 19.1 Å². The summed E-state index contributed by atoms with van der Waals surface area (Å²) in [6.07, 6.45) is 2.06. The maximum atomic E-state index is 13.3. The average molecular weight is 394 g/mol. The number of aldehydes is 1. The molecule has 151 valence electrons. The van der Waals surface area contributed by atoms with Gasteiger partial charge in [0.05, 0.1) is 0 Å². The summed E-state index contributed by atoms with van der Waals surface area (Å²) in [6.45, 7) is 0.664. The van der Waals surface area contributed by atoms with E-state index in [1.807, 2.05) is 60.7 Å². The number of nitrogens with zero attached hydrogens (tertiary/aromatic N) is 2. The molecule has 2 atom stereocenters. The maximum absolute atomic E-state index is 13.3. The topological polar surface area (TPSA) is 69.6 Å². The molecule has 1 fully saturated rings. The molecule has 1 aliphatic rings. The van der Waals surface area contributed by atoms with Crippen LogP contribution in [0, 0.1) is 0 Å². The molecule has 3 rings (SSSR count). The highest BCUT2D eigenvalue weighted by molar-refractivity contribution is 5.90. The third-order valence-corrected chi connectivity index (χ3v) is 5.26. The Balaban J connectivity index is 1.74. The van der Waals surface area contributed by atoms with Crippen molar-refractivity contribution in [3.05, 3.63) is 71.8 Å². The minimum Gasteiger partial charge on any atom is -0.445 e. The normalized spacial score (nSPS) is 17.5. The Morgan fingerprint density at radius 2 is 1.72 bits per heavy atom. The van der Waals surface area contributed by atoms with Crippen molar-refractivity contribution in [3.63, 3.8) is 0 Å². The lowest BCUT2D eigenvalue weighted by Crippen LogP contribution is -2.54. The molecule has 0 saturated carbocycles. The van der Waals surface area contributed by atoms with Crippen LogP contribution in [0.5, 0.6) is 0 Å². The van der Waals surface area contributed by atoms with Crippen LogP contribution < -0.4 is 4.90 Å². The van der Waals surface area contributed by atoms with Gasteiger partial charge >= 0.3 is 12.0 Å². The largest absolute Gasteiger partial charge is 0.445 e. The monoisotopic (exact) mass is 394 g/mol. The van der Waals surface area contributed by atoms with E-state index in [0.29, 0.717) is 19.4 Å². The van der Waals surface area contributed by atoms with Gasteiger partial charge in [-0.1, -0.05) is 65.6 Å². The summed E-state index contributed by atoms with van der Waals surface area (Å²) in [5.41, 5.74) is 1.82. The standard InChI is InChI=1S/C23H26N2O4/c1-24(23(28)29-17-19-11-6-3-7-12-19)21(15-18-9-4-2-5-10-18)22(27)25-14-8-13-20(25)16-26/h2-7,9-12,16,20-21H,8,13-15,17H2,1H3/q+1/t20-,21+/m0/s1. The summed E-state index contributed by atoms with van der Waals surface area (Å²) in [4.78, 5) is 40.2. The van der Waals surface area contributed by atoms with Gasteiger partial charge in [-0.05, 0) is 11.1 Å². The molecule has 1 saturated heterocycles. The smallest absolute Gasteiger partial charge is 0.410 e. The highest BCUT2D eigenvalue weighted by atomic mass is 16.6. The third-order valence-electron chi connectivity index (χ3n) is 5.26. The summed E-state index contributed by atoms with van der Waals surface area (Å²) >= 11 is 0. The molecule has 2 aromatic carbocycles. The number of benzene rings is 2. The summed E-state index contributed by atoms with van der Waals surface area (Å²) in [7, 11) is 1.57. The minimum atomic E-state index is -0.735. The molecule has 29 heavy (non-hydrogen) atoms. The van der Waals surface area contributed by atoms with Crippen LogP contribution in [-0.2, 0) is 27.4 Å². The van der Waals surface area contributed by atoms with Crippen LogP contribution in [0.25, 0.3) is 0 Å². The van der Waals surface area contributed by atoms with Crippen LogP contribution in [-0.4, -0.2) is 48.9 Å². The van der Waals surface area contributed by atoms with Crippen molar-refractivity contribution in [2.24, 2.45) is 0 Å². The van der Waals surface area contributed by atoms with Crippen LogP contribution in [0.2, 0.25) is 0 Å². The van der Waals surface area contributed by atoms with Gasteiger partial charge in [-0.15, -0.1) is 0 Å². The van der Waals surface area contributed by atoms with Crippen molar-refractivity contribution in [3.8, 4) is 0 Å². The zero-order chi connectivity index (χ0) is 20.6. The molecule has 0 unspecified atom stereocenters. The summed E-state index contributed by atoms with van der Waals surface area (Å²) in [5.74, 6) is -0.220. The van der Waals surface area contributed by atoms with E-state index in [4.69, 9.17) is 4.74 Å². The second-order valence-electron chi connectivity index (χ2n) is 7.23. The van der Waals surface area contributed by atoms with Gasteiger partial charge in [-0.3, -0.25) is 9.69 Å². The number of likely N-dealkylation sites (tertiary alicyclic amines) is 1.